The predicted molar refractivity (Wildman–Crippen MR) is 90.4 cm³/mol. The first kappa shape index (κ1) is 16.1. The van der Waals surface area contributed by atoms with Crippen LogP contribution >= 0.6 is 0 Å². The van der Waals surface area contributed by atoms with Crippen molar-refractivity contribution in [2.45, 2.75) is 26.7 Å². The van der Waals surface area contributed by atoms with E-state index < -0.39 is 5.82 Å². The Morgan fingerprint density at radius 1 is 1.25 bits per heavy atom. The maximum Gasteiger partial charge on any atom is 0.269 e. The third-order valence-electron chi connectivity index (χ3n) is 4.07. The number of carbonyl (C=O) groups excluding carboxylic acids is 1. The van der Waals surface area contributed by atoms with Crippen LogP contribution < -0.4 is 5.32 Å². The molecule has 124 valence electrons. The first-order valence-electron chi connectivity index (χ1n) is 7.90. The van der Waals surface area contributed by atoms with Crippen molar-refractivity contribution in [1.82, 2.24) is 20.5 Å². The van der Waals surface area contributed by atoms with Gasteiger partial charge in [0.25, 0.3) is 5.91 Å². The molecule has 0 unspecified atom stereocenters. The molecule has 2 N–H and O–H groups in total. The summed E-state index contributed by atoms with van der Waals surface area (Å²) in [6.07, 6.45) is 1.64. The average molecular weight is 326 g/mol. The number of hydrogen-bond donors (Lipinski definition) is 2. The highest BCUT2D eigenvalue weighted by Crippen LogP contribution is 2.16. The van der Waals surface area contributed by atoms with Crippen LogP contribution in [0.2, 0.25) is 0 Å². The van der Waals surface area contributed by atoms with Gasteiger partial charge in [0, 0.05) is 17.6 Å². The highest BCUT2D eigenvalue weighted by Gasteiger charge is 2.10. The van der Waals surface area contributed by atoms with E-state index in [1.165, 1.54) is 11.6 Å². The predicted octanol–water partition coefficient (Wildman–Crippen LogP) is 3.08. The number of halogens is 1. The van der Waals surface area contributed by atoms with Crippen LogP contribution in [-0.2, 0) is 6.42 Å². The fourth-order valence-electron chi connectivity index (χ4n) is 2.74. The van der Waals surface area contributed by atoms with Gasteiger partial charge in [0.1, 0.15) is 17.0 Å². The Labute approximate surface area is 139 Å². The largest absolute Gasteiger partial charge is 0.351 e. The normalized spacial score (nSPS) is 11.0. The Balaban J connectivity index is 1.60. The molecule has 0 spiro atoms. The van der Waals surface area contributed by atoms with Gasteiger partial charge in [-0.3, -0.25) is 9.89 Å². The molecular weight excluding hydrogens is 307 g/mol. The molecular formula is C18H19FN4O. The summed E-state index contributed by atoms with van der Waals surface area (Å²) < 4.78 is 13.8. The van der Waals surface area contributed by atoms with E-state index in [2.05, 4.69) is 20.5 Å². The molecule has 0 radical (unpaired) electrons. The highest BCUT2D eigenvalue weighted by molar-refractivity contribution is 5.94. The van der Waals surface area contributed by atoms with Crippen LogP contribution in [0.4, 0.5) is 4.39 Å². The van der Waals surface area contributed by atoms with Crippen LogP contribution in [0, 0.1) is 19.7 Å². The second-order valence-corrected chi connectivity index (χ2v) is 5.78. The van der Waals surface area contributed by atoms with Gasteiger partial charge in [0.2, 0.25) is 0 Å². The highest BCUT2D eigenvalue weighted by atomic mass is 19.1. The first-order chi connectivity index (χ1) is 11.6. The summed E-state index contributed by atoms with van der Waals surface area (Å²) in [7, 11) is 0. The smallest absolute Gasteiger partial charge is 0.269 e. The van der Waals surface area contributed by atoms with Gasteiger partial charge in [-0.1, -0.05) is 18.2 Å². The Hall–Kier alpha value is -2.76. The van der Waals surface area contributed by atoms with Crippen molar-refractivity contribution in [3.8, 4) is 0 Å². The number of amides is 1. The molecule has 1 aromatic carbocycles. The molecule has 1 amide bonds. The zero-order valence-electron chi connectivity index (χ0n) is 13.7. The summed E-state index contributed by atoms with van der Waals surface area (Å²) in [4.78, 5) is 16.3. The lowest BCUT2D eigenvalue weighted by atomic mass is 10.1. The van der Waals surface area contributed by atoms with Gasteiger partial charge in [-0.2, -0.15) is 5.10 Å². The van der Waals surface area contributed by atoms with Gasteiger partial charge >= 0.3 is 0 Å². The van der Waals surface area contributed by atoms with Crippen molar-refractivity contribution < 1.29 is 9.18 Å². The lowest BCUT2D eigenvalue weighted by Gasteiger charge is -2.06. The number of nitrogens with zero attached hydrogens (tertiary/aromatic N) is 2. The van der Waals surface area contributed by atoms with Crippen molar-refractivity contribution in [2.75, 3.05) is 6.54 Å². The molecule has 5 nitrogen and oxygen atoms in total. The molecule has 6 heteroatoms. The third kappa shape index (κ3) is 3.27. The molecule has 0 aliphatic heterocycles. The van der Waals surface area contributed by atoms with Crippen LogP contribution in [0.25, 0.3) is 10.9 Å². The quantitative estimate of drug-likeness (QED) is 0.708. The number of pyridine rings is 1. The van der Waals surface area contributed by atoms with E-state index in [1.54, 1.807) is 24.3 Å². The van der Waals surface area contributed by atoms with E-state index in [0.29, 0.717) is 11.9 Å². The third-order valence-corrected chi connectivity index (χ3v) is 4.07. The number of hydrogen-bond acceptors (Lipinski definition) is 3. The molecule has 0 fully saturated rings. The number of benzene rings is 1. The van der Waals surface area contributed by atoms with Crippen LogP contribution in [0.3, 0.4) is 0 Å². The zero-order chi connectivity index (χ0) is 17.1. The minimum atomic E-state index is -0.423. The van der Waals surface area contributed by atoms with E-state index in [9.17, 15) is 9.18 Å². The van der Waals surface area contributed by atoms with E-state index in [-0.39, 0.29) is 17.1 Å². The van der Waals surface area contributed by atoms with E-state index in [0.717, 1.165) is 24.2 Å². The monoisotopic (exact) mass is 326 g/mol. The summed E-state index contributed by atoms with van der Waals surface area (Å²) in [5, 5.41) is 10.6. The molecule has 0 aliphatic carbocycles. The number of aromatic amines is 1. The van der Waals surface area contributed by atoms with Crippen molar-refractivity contribution in [1.29, 1.82) is 0 Å². The van der Waals surface area contributed by atoms with Gasteiger partial charge in [-0.05, 0) is 44.4 Å². The Morgan fingerprint density at radius 3 is 2.83 bits per heavy atom. The van der Waals surface area contributed by atoms with Crippen LogP contribution in [-0.4, -0.2) is 27.6 Å². The van der Waals surface area contributed by atoms with Gasteiger partial charge < -0.3 is 5.32 Å². The summed E-state index contributed by atoms with van der Waals surface area (Å²) in [6.45, 7) is 4.48. The number of fused-ring (bicyclic) bond motifs is 1. The number of H-pyrrole nitrogens is 1. The lowest BCUT2D eigenvalue weighted by molar-refractivity contribution is 0.0948. The standard InChI is InChI=1S/C18H19FN4O/c1-11-14(12(2)23-22-11)6-4-10-20-18(24)16-9-8-13-5-3-7-15(19)17(13)21-16/h3,5,7-9H,4,6,10H2,1-2H3,(H,20,24)(H,22,23). The molecule has 3 rings (SSSR count). The topological polar surface area (TPSA) is 70.7 Å². The number of para-hydroxylation sites is 1. The molecule has 0 aliphatic rings. The SMILES string of the molecule is Cc1n[nH]c(C)c1CCCNC(=O)c1ccc2cccc(F)c2n1. The summed E-state index contributed by atoms with van der Waals surface area (Å²) >= 11 is 0. The Morgan fingerprint density at radius 2 is 2.08 bits per heavy atom. The van der Waals surface area contributed by atoms with Gasteiger partial charge in [0.15, 0.2) is 0 Å². The van der Waals surface area contributed by atoms with E-state index in [4.69, 9.17) is 0 Å². The molecule has 0 atom stereocenters. The van der Waals surface area contributed by atoms with Crippen LogP contribution in [0.15, 0.2) is 30.3 Å². The van der Waals surface area contributed by atoms with Crippen molar-refractivity contribution >= 4 is 16.8 Å². The van der Waals surface area contributed by atoms with Crippen molar-refractivity contribution in [3.05, 3.63) is 58.8 Å². The molecule has 2 heterocycles. The maximum atomic E-state index is 13.8. The molecule has 0 bridgehead atoms. The van der Waals surface area contributed by atoms with Crippen LogP contribution in [0.1, 0.15) is 33.9 Å². The first-order valence-corrected chi connectivity index (χ1v) is 7.90. The maximum absolute atomic E-state index is 13.8. The number of carbonyl (C=O) groups is 1. The minimum Gasteiger partial charge on any atom is -0.351 e. The molecule has 3 aromatic rings. The van der Waals surface area contributed by atoms with Gasteiger partial charge in [-0.25, -0.2) is 9.37 Å². The Kier molecular flexibility index (Phi) is 4.55. The lowest BCUT2D eigenvalue weighted by Crippen LogP contribution is -2.25. The number of aryl methyl sites for hydroxylation is 2. The number of nitrogens with one attached hydrogen (secondary N) is 2. The summed E-state index contributed by atoms with van der Waals surface area (Å²) in [5.74, 6) is -0.714. The number of rotatable bonds is 5. The second-order valence-electron chi connectivity index (χ2n) is 5.78. The van der Waals surface area contributed by atoms with Crippen molar-refractivity contribution in [3.63, 3.8) is 0 Å². The van der Waals surface area contributed by atoms with Gasteiger partial charge in [0.05, 0.1) is 5.69 Å². The Bertz CT molecular complexity index is 868. The van der Waals surface area contributed by atoms with Gasteiger partial charge in [-0.15, -0.1) is 0 Å². The number of aromatic nitrogens is 3. The zero-order valence-corrected chi connectivity index (χ0v) is 13.7. The fourth-order valence-corrected chi connectivity index (χ4v) is 2.74. The van der Waals surface area contributed by atoms with E-state index >= 15 is 0 Å². The molecule has 0 saturated carbocycles. The van der Waals surface area contributed by atoms with Crippen LogP contribution in [0.5, 0.6) is 0 Å². The molecule has 0 saturated heterocycles. The second kappa shape index (κ2) is 6.78. The van der Waals surface area contributed by atoms with Crippen molar-refractivity contribution in [2.24, 2.45) is 0 Å². The summed E-state index contributed by atoms with van der Waals surface area (Å²) in [5.41, 5.74) is 3.68. The molecule has 2 aromatic heterocycles. The average Bonchev–Trinajstić information content (AvgIpc) is 2.90. The fraction of sp³-hybridized carbons (Fsp3) is 0.278. The molecule has 24 heavy (non-hydrogen) atoms. The van der Waals surface area contributed by atoms with E-state index in [1.807, 2.05) is 13.8 Å². The summed E-state index contributed by atoms with van der Waals surface area (Å²) in [6, 6.07) is 8.05. The minimum absolute atomic E-state index is 0.217.